The molecule has 0 spiro atoms. The lowest BCUT2D eigenvalue weighted by molar-refractivity contribution is 0.168. The van der Waals surface area contributed by atoms with Gasteiger partial charge in [0.05, 0.1) is 6.26 Å². The van der Waals surface area contributed by atoms with E-state index in [1.54, 1.807) is 0 Å². The molecule has 0 amide bonds. The van der Waals surface area contributed by atoms with Crippen molar-refractivity contribution in [3.63, 3.8) is 0 Å². The van der Waals surface area contributed by atoms with Gasteiger partial charge in [0.1, 0.15) is 0 Å². The van der Waals surface area contributed by atoms with E-state index in [1.807, 2.05) is 6.92 Å². The first-order valence-corrected chi connectivity index (χ1v) is 9.08. The van der Waals surface area contributed by atoms with Crippen LogP contribution in [0.2, 0.25) is 0 Å². The number of hydrogen-bond acceptors (Lipinski definition) is 4. The van der Waals surface area contributed by atoms with Crippen molar-refractivity contribution in [1.29, 1.82) is 0 Å². The molecule has 0 radical (unpaired) electrons. The van der Waals surface area contributed by atoms with Crippen molar-refractivity contribution >= 4 is 10.0 Å². The van der Waals surface area contributed by atoms with Gasteiger partial charge < -0.3 is 10.2 Å². The van der Waals surface area contributed by atoms with E-state index < -0.39 is 10.0 Å². The molecule has 0 aliphatic carbocycles. The molecule has 0 aromatic heterocycles. The Labute approximate surface area is 118 Å². The Kier molecular flexibility index (Phi) is 6.73. The highest BCUT2D eigenvalue weighted by molar-refractivity contribution is 7.88. The van der Waals surface area contributed by atoms with Crippen LogP contribution in [0.15, 0.2) is 0 Å². The first kappa shape index (κ1) is 16.9. The van der Waals surface area contributed by atoms with Crippen molar-refractivity contribution < 1.29 is 8.42 Å². The maximum atomic E-state index is 11.4. The van der Waals surface area contributed by atoms with Gasteiger partial charge in [0.15, 0.2) is 0 Å². The van der Waals surface area contributed by atoms with Crippen LogP contribution < -0.4 is 5.32 Å². The molecule has 1 aliphatic heterocycles. The van der Waals surface area contributed by atoms with Crippen molar-refractivity contribution in [2.24, 2.45) is 0 Å². The van der Waals surface area contributed by atoms with E-state index in [-0.39, 0.29) is 0 Å². The number of piperidine rings is 1. The van der Waals surface area contributed by atoms with Crippen LogP contribution in [-0.4, -0.2) is 69.2 Å². The van der Waals surface area contributed by atoms with Crippen molar-refractivity contribution in [2.45, 2.75) is 45.2 Å². The maximum absolute atomic E-state index is 11.4. The van der Waals surface area contributed by atoms with Crippen LogP contribution in [0.1, 0.15) is 33.1 Å². The predicted molar refractivity (Wildman–Crippen MR) is 79.8 cm³/mol. The van der Waals surface area contributed by atoms with Crippen LogP contribution in [0.4, 0.5) is 0 Å². The Hall–Kier alpha value is -0.170. The molecule has 19 heavy (non-hydrogen) atoms. The van der Waals surface area contributed by atoms with Crippen molar-refractivity contribution in [2.75, 3.05) is 39.5 Å². The second-order valence-electron chi connectivity index (χ2n) is 5.61. The zero-order chi connectivity index (χ0) is 14.5. The highest BCUT2D eigenvalue weighted by atomic mass is 32.2. The molecule has 2 atom stereocenters. The van der Waals surface area contributed by atoms with E-state index in [4.69, 9.17) is 0 Å². The second kappa shape index (κ2) is 7.57. The number of likely N-dealkylation sites (tertiary alicyclic amines) is 1. The van der Waals surface area contributed by atoms with Crippen LogP contribution in [0.5, 0.6) is 0 Å². The van der Waals surface area contributed by atoms with E-state index in [0.29, 0.717) is 25.2 Å². The topological polar surface area (TPSA) is 52.6 Å². The Morgan fingerprint density at radius 3 is 2.63 bits per heavy atom. The average Bonchev–Trinajstić information content (AvgIpc) is 2.32. The summed E-state index contributed by atoms with van der Waals surface area (Å²) in [4.78, 5) is 2.39. The van der Waals surface area contributed by atoms with E-state index in [9.17, 15) is 8.42 Å². The summed E-state index contributed by atoms with van der Waals surface area (Å²) in [5, 5.41) is 3.56. The Bertz CT molecular complexity index is 359. The minimum absolute atomic E-state index is 0.560. The molecule has 0 bridgehead atoms. The van der Waals surface area contributed by atoms with E-state index >= 15 is 0 Å². The Morgan fingerprint density at radius 2 is 2.11 bits per heavy atom. The molecule has 1 fully saturated rings. The lowest BCUT2D eigenvalue weighted by atomic mass is 9.99. The average molecular weight is 291 g/mol. The van der Waals surface area contributed by atoms with Gasteiger partial charge in [-0.05, 0) is 46.3 Å². The summed E-state index contributed by atoms with van der Waals surface area (Å²) in [6.45, 7) is 7.36. The van der Waals surface area contributed by atoms with Gasteiger partial charge in [-0.2, -0.15) is 0 Å². The largest absolute Gasteiger partial charge is 0.314 e. The lowest BCUT2D eigenvalue weighted by Crippen LogP contribution is -2.46. The lowest BCUT2D eigenvalue weighted by Gasteiger charge is -2.35. The second-order valence-corrected chi connectivity index (χ2v) is 7.60. The molecule has 1 N–H and O–H groups in total. The smallest absolute Gasteiger partial charge is 0.211 e. The number of sulfonamides is 1. The molecule has 0 aromatic rings. The van der Waals surface area contributed by atoms with Crippen LogP contribution in [0.3, 0.4) is 0 Å². The van der Waals surface area contributed by atoms with Gasteiger partial charge in [0.25, 0.3) is 0 Å². The van der Waals surface area contributed by atoms with Gasteiger partial charge in [-0.15, -0.1) is 0 Å². The van der Waals surface area contributed by atoms with Crippen molar-refractivity contribution in [3.8, 4) is 0 Å². The first-order chi connectivity index (χ1) is 8.84. The molecular formula is C13H29N3O2S. The van der Waals surface area contributed by atoms with Crippen molar-refractivity contribution in [1.82, 2.24) is 14.5 Å². The molecule has 1 heterocycles. The van der Waals surface area contributed by atoms with Gasteiger partial charge in [-0.1, -0.05) is 6.92 Å². The minimum Gasteiger partial charge on any atom is -0.314 e. The van der Waals surface area contributed by atoms with Crippen molar-refractivity contribution in [3.05, 3.63) is 0 Å². The number of hydrogen-bond donors (Lipinski definition) is 1. The highest BCUT2D eigenvalue weighted by Gasteiger charge is 2.22. The molecule has 114 valence electrons. The van der Waals surface area contributed by atoms with Crippen LogP contribution in [-0.2, 0) is 10.0 Å². The highest BCUT2D eigenvalue weighted by Crippen LogP contribution is 2.15. The minimum atomic E-state index is -3.04. The van der Waals surface area contributed by atoms with Gasteiger partial charge in [0, 0.05) is 25.2 Å². The van der Waals surface area contributed by atoms with Crippen LogP contribution >= 0.6 is 0 Å². The fraction of sp³-hybridized carbons (Fsp3) is 1.00. The first-order valence-electron chi connectivity index (χ1n) is 7.23. The SMILES string of the molecule is CCN(CCCNC1CCN(C)C(C)C1)S(C)(=O)=O. The Morgan fingerprint density at radius 1 is 1.42 bits per heavy atom. The van der Waals surface area contributed by atoms with Gasteiger partial charge >= 0.3 is 0 Å². The number of rotatable bonds is 7. The maximum Gasteiger partial charge on any atom is 0.211 e. The third-order valence-corrected chi connectivity index (χ3v) is 5.43. The quantitative estimate of drug-likeness (QED) is 0.703. The molecule has 1 saturated heterocycles. The summed E-state index contributed by atoms with van der Waals surface area (Å²) >= 11 is 0. The standard InChI is InChI=1S/C13H29N3O2S/c1-5-16(19(4,17)18)9-6-8-14-13-7-10-15(3)12(2)11-13/h12-14H,5-11H2,1-4H3. The summed E-state index contributed by atoms with van der Waals surface area (Å²) < 4.78 is 24.4. The summed E-state index contributed by atoms with van der Waals surface area (Å²) in [5.74, 6) is 0. The summed E-state index contributed by atoms with van der Waals surface area (Å²) in [6.07, 6.45) is 4.52. The number of nitrogens with one attached hydrogen (secondary N) is 1. The zero-order valence-electron chi connectivity index (χ0n) is 12.7. The molecule has 0 aromatic carbocycles. The monoisotopic (exact) mass is 291 g/mol. The van der Waals surface area contributed by atoms with Crippen LogP contribution in [0.25, 0.3) is 0 Å². The van der Waals surface area contributed by atoms with Gasteiger partial charge in [-0.25, -0.2) is 12.7 Å². The zero-order valence-corrected chi connectivity index (χ0v) is 13.5. The van der Waals surface area contributed by atoms with Crippen LogP contribution in [0, 0.1) is 0 Å². The fourth-order valence-electron chi connectivity index (χ4n) is 2.59. The summed E-state index contributed by atoms with van der Waals surface area (Å²) in [7, 11) is -0.865. The molecule has 0 saturated carbocycles. The molecule has 6 heteroatoms. The third kappa shape index (κ3) is 5.77. The third-order valence-electron chi connectivity index (χ3n) is 4.05. The molecular weight excluding hydrogens is 262 g/mol. The van der Waals surface area contributed by atoms with Gasteiger partial charge in [0.2, 0.25) is 10.0 Å². The van der Waals surface area contributed by atoms with E-state index in [1.165, 1.54) is 23.4 Å². The van der Waals surface area contributed by atoms with E-state index in [0.717, 1.165) is 19.5 Å². The summed E-state index contributed by atoms with van der Waals surface area (Å²) in [6, 6.07) is 1.22. The van der Waals surface area contributed by atoms with E-state index in [2.05, 4.69) is 24.2 Å². The fourth-order valence-corrected chi connectivity index (χ4v) is 3.52. The molecule has 1 rings (SSSR count). The van der Waals surface area contributed by atoms with Gasteiger partial charge in [-0.3, -0.25) is 0 Å². The normalized spacial score (nSPS) is 25.9. The predicted octanol–water partition coefficient (Wildman–Crippen LogP) is 0.730. The Balaban J connectivity index is 2.21. The molecule has 2 unspecified atom stereocenters. The molecule has 5 nitrogen and oxygen atoms in total. The molecule has 1 aliphatic rings. The number of nitrogens with zero attached hydrogens (tertiary/aromatic N) is 2. The summed E-state index contributed by atoms with van der Waals surface area (Å²) in [5.41, 5.74) is 0.